The molecule has 1 aliphatic heterocycles. The molecule has 0 saturated heterocycles. The Morgan fingerprint density at radius 3 is 2.71 bits per heavy atom. The van der Waals surface area contributed by atoms with Crippen LogP contribution < -0.4 is 11.3 Å². The number of benzene rings is 2. The van der Waals surface area contributed by atoms with Crippen LogP contribution in [0.2, 0.25) is 0 Å². The normalized spacial score (nSPS) is 19.1. The molecule has 0 aliphatic carbocycles. The number of hydrogen-bond acceptors (Lipinski definition) is 3. The predicted molar refractivity (Wildman–Crippen MR) is 84.8 cm³/mol. The van der Waals surface area contributed by atoms with Crippen molar-refractivity contribution in [3.05, 3.63) is 70.3 Å². The lowest BCUT2D eigenvalue weighted by molar-refractivity contribution is 0.0147. The lowest BCUT2D eigenvalue weighted by Gasteiger charge is -2.32. The van der Waals surface area contributed by atoms with Crippen LogP contribution >= 0.6 is 0 Å². The molecule has 2 unspecified atom stereocenters. The van der Waals surface area contributed by atoms with Gasteiger partial charge < -0.3 is 4.74 Å². The molecule has 0 aromatic heterocycles. The van der Waals surface area contributed by atoms with Gasteiger partial charge in [-0.05, 0) is 48.1 Å². The van der Waals surface area contributed by atoms with E-state index in [2.05, 4.69) is 61.7 Å². The highest BCUT2D eigenvalue weighted by Crippen LogP contribution is 2.36. The molecule has 1 heterocycles. The standard InChI is InChI=1S/C18H22N2O/c1-12-7-8-15(11-13(12)2)17(20-19)18-16-6-4-3-5-14(16)9-10-21-18/h3-8,11,17-18,20H,9-10,19H2,1-2H3. The van der Waals surface area contributed by atoms with Crippen molar-refractivity contribution < 1.29 is 4.74 Å². The summed E-state index contributed by atoms with van der Waals surface area (Å²) >= 11 is 0. The van der Waals surface area contributed by atoms with Crippen molar-refractivity contribution in [3.8, 4) is 0 Å². The largest absolute Gasteiger partial charge is 0.371 e. The summed E-state index contributed by atoms with van der Waals surface area (Å²) in [5, 5.41) is 0. The maximum absolute atomic E-state index is 6.04. The van der Waals surface area contributed by atoms with E-state index >= 15 is 0 Å². The van der Waals surface area contributed by atoms with Gasteiger partial charge in [-0.15, -0.1) is 0 Å². The summed E-state index contributed by atoms with van der Waals surface area (Å²) in [4.78, 5) is 0. The van der Waals surface area contributed by atoms with Gasteiger partial charge in [-0.25, -0.2) is 0 Å². The molecule has 3 heteroatoms. The van der Waals surface area contributed by atoms with Crippen molar-refractivity contribution in [2.24, 2.45) is 5.84 Å². The van der Waals surface area contributed by atoms with E-state index in [0.29, 0.717) is 0 Å². The van der Waals surface area contributed by atoms with Crippen molar-refractivity contribution in [1.29, 1.82) is 0 Å². The van der Waals surface area contributed by atoms with Crippen molar-refractivity contribution in [1.82, 2.24) is 5.43 Å². The Balaban J connectivity index is 1.99. The molecule has 0 fully saturated rings. The zero-order chi connectivity index (χ0) is 14.8. The summed E-state index contributed by atoms with van der Waals surface area (Å²) in [5.74, 6) is 5.85. The summed E-state index contributed by atoms with van der Waals surface area (Å²) < 4.78 is 6.04. The lowest BCUT2D eigenvalue weighted by Crippen LogP contribution is -2.35. The van der Waals surface area contributed by atoms with Gasteiger partial charge in [0, 0.05) is 0 Å². The van der Waals surface area contributed by atoms with Gasteiger partial charge in [0.1, 0.15) is 6.10 Å². The SMILES string of the molecule is Cc1ccc(C(NN)C2OCCc3ccccc32)cc1C. The molecule has 0 saturated carbocycles. The molecule has 110 valence electrons. The Morgan fingerprint density at radius 1 is 1.14 bits per heavy atom. The molecule has 3 nitrogen and oxygen atoms in total. The molecule has 3 N–H and O–H groups in total. The van der Waals surface area contributed by atoms with E-state index in [4.69, 9.17) is 10.6 Å². The number of ether oxygens (including phenoxy) is 1. The van der Waals surface area contributed by atoms with E-state index in [1.54, 1.807) is 0 Å². The summed E-state index contributed by atoms with van der Waals surface area (Å²) in [5.41, 5.74) is 9.29. The highest BCUT2D eigenvalue weighted by molar-refractivity contribution is 5.37. The van der Waals surface area contributed by atoms with E-state index in [1.807, 2.05) is 0 Å². The molecule has 2 aromatic carbocycles. The molecule has 0 radical (unpaired) electrons. The van der Waals surface area contributed by atoms with Crippen LogP contribution in [0, 0.1) is 13.8 Å². The van der Waals surface area contributed by atoms with Gasteiger partial charge in [-0.2, -0.15) is 0 Å². The maximum Gasteiger partial charge on any atom is 0.103 e. The van der Waals surface area contributed by atoms with Gasteiger partial charge in [0.05, 0.1) is 12.6 Å². The minimum absolute atomic E-state index is 0.0363. The van der Waals surface area contributed by atoms with E-state index in [1.165, 1.54) is 27.8 Å². The Kier molecular flexibility index (Phi) is 4.06. The van der Waals surface area contributed by atoms with Gasteiger partial charge in [-0.1, -0.05) is 42.5 Å². The Bertz CT molecular complexity index is 639. The highest BCUT2D eigenvalue weighted by Gasteiger charge is 2.29. The topological polar surface area (TPSA) is 47.3 Å². The minimum atomic E-state index is -0.0398. The van der Waals surface area contributed by atoms with Gasteiger partial charge >= 0.3 is 0 Å². The minimum Gasteiger partial charge on any atom is -0.371 e. The van der Waals surface area contributed by atoms with Gasteiger partial charge in [-0.3, -0.25) is 11.3 Å². The molecule has 2 aromatic rings. The fourth-order valence-corrected chi connectivity index (χ4v) is 3.02. The molecule has 0 amide bonds. The number of nitrogens with one attached hydrogen (secondary N) is 1. The Labute approximate surface area is 126 Å². The second-order valence-electron chi connectivity index (χ2n) is 5.73. The number of rotatable bonds is 3. The first-order valence-corrected chi connectivity index (χ1v) is 7.43. The Morgan fingerprint density at radius 2 is 1.95 bits per heavy atom. The van der Waals surface area contributed by atoms with Crippen LogP contribution in [0.3, 0.4) is 0 Å². The first-order valence-electron chi connectivity index (χ1n) is 7.43. The number of nitrogens with two attached hydrogens (primary N) is 1. The van der Waals surface area contributed by atoms with Crippen molar-refractivity contribution in [2.45, 2.75) is 32.4 Å². The second kappa shape index (κ2) is 5.98. The maximum atomic E-state index is 6.04. The zero-order valence-corrected chi connectivity index (χ0v) is 12.6. The molecule has 1 aliphatic rings. The third kappa shape index (κ3) is 2.72. The molecular formula is C18H22N2O. The van der Waals surface area contributed by atoms with Crippen LogP contribution in [0.5, 0.6) is 0 Å². The van der Waals surface area contributed by atoms with E-state index < -0.39 is 0 Å². The van der Waals surface area contributed by atoms with Crippen molar-refractivity contribution >= 4 is 0 Å². The van der Waals surface area contributed by atoms with Gasteiger partial charge in [0.2, 0.25) is 0 Å². The first kappa shape index (κ1) is 14.3. The average Bonchev–Trinajstić information content (AvgIpc) is 2.52. The third-order valence-corrected chi connectivity index (χ3v) is 4.40. The van der Waals surface area contributed by atoms with E-state index in [-0.39, 0.29) is 12.1 Å². The number of fused-ring (bicyclic) bond motifs is 1. The zero-order valence-electron chi connectivity index (χ0n) is 12.6. The van der Waals surface area contributed by atoms with Gasteiger partial charge in [0.15, 0.2) is 0 Å². The molecule has 3 rings (SSSR count). The van der Waals surface area contributed by atoms with Crippen molar-refractivity contribution in [3.63, 3.8) is 0 Å². The number of hydrogen-bond donors (Lipinski definition) is 2. The number of aryl methyl sites for hydroxylation is 2. The van der Waals surface area contributed by atoms with Crippen molar-refractivity contribution in [2.75, 3.05) is 6.61 Å². The Hall–Kier alpha value is -1.68. The second-order valence-corrected chi connectivity index (χ2v) is 5.73. The fraction of sp³-hybridized carbons (Fsp3) is 0.333. The quantitative estimate of drug-likeness (QED) is 0.671. The van der Waals surface area contributed by atoms with E-state index in [0.717, 1.165) is 13.0 Å². The summed E-state index contributed by atoms with van der Waals surface area (Å²) in [6.45, 7) is 4.99. The predicted octanol–water partition coefficient (Wildman–Crippen LogP) is 3.12. The summed E-state index contributed by atoms with van der Waals surface area (Å²) in [6, 6.07) is 14.9. The monoisotopic (exact) mass is 282 g/mol. The smallest absolute Gasteiger partial charge is 0.103 e. The van der Waals surface area contributed by atoms with Crippen LogP contribution in [-0.2, 0) is 11.2 Å². The van der Waals surface area contributed by atoms with Crippen LogP contribution in [-0.4, -0.2) is 6.61 Å². The summed E-state index contributed by atoms with van der Waals surface area (Å²) in [6.07, 6.45) is 0.929. The van der Waals surface area contributed by atoms with Crippen LogP contribution in [0.15, 0.2) is 42.5 Å². The molecule has 0 bridgehead atoms. The van der Waals surface area contributed by atoms with Gasteiger partial charge in [0.25, 0.3) is 0 Å². The number of hydrazine groups is 1. The fourth-order valence-electron chi connectivity index (χ4n) is 3.02. The van der Waals surface area contributed by atoms with E-state index in [9.17, 15) is 0 Å². The summed E-state index contributed by atoms with van der Waals surface area (Å²) in [7, 11) is 0. The average molecular weight is 282 g/mol. The molecule has 21 heavy (non-hydrogen) atoms. The van der Waals surface area contributed by atoms with Crippen LogP contribution in [0.25, 0.3) is 0 Å². The lowest BCUT2D eigenvalue weighted by atomic mass is 9.89. The highest BCUT2D eigenvalue weighted by atomic mass is 16.5. The van der Waals surface area contributed by atoms with Crippen LogP contribution in [0.1, 0.15) is 40.0 Å². The first-order chi connectivity index (χ1) is 10.2. The molecule has 2 atom stereocenters. The molecule has 0 spiro atoms. The third-order valence-electron chi connectivity index (χ3n) is 4.40. The molecular weight excluding hydrogens is 260 g/mol. The van der Waals surface area contributed by atoms with Crippen LogP contribution in [0.4, 0.5) is 0 Å².